The second-order valence-electron chi connectivity index (χ2n) is 11.7. The second-order valence-corrected chi connectivity index (χ2v) is 11.7. The molecule has 2 N–H and O–H groups in total. The van der Waals surface area contributed by atoms with E-state index in [-0.39, 0.29) is 25.0 Å². The van der Waals surface area contributed by atoms with E-state index in [1.165, 1.54) is 38.5 Å². The second kappa shape index (κ2) is 36.5. The molecule has 0 aromatic carbocycles. The topological polar surface area (TPSA) is 75.6 Å². The normalized spacial score (nSPS) is 13.2. The van der Waals surface area contributed by atoms with Crippen molar-refractivity contribution in [2.75, 3.05) is 13.2 Å². The quantitative estimate of drug-likeness (QED) is 0.0450. The summed E-state index contributed by atoms with van der Waals surface area (Å²) < 4.78 is 5.16. The number of ether oxygens (including phenoxy) is 1. The third kappa shape index (κ3) is 35.6. The molecule has 46 heavy (non-hydrogen) atoms. The lowest BCUT2D eigenvalue weighted by molar-refractivity contribution is -0.146. The molecule has 1 amide bonds. The number of hydrogen-bond donors (Lipinski definition) is 2. The van der Waals surface area contributed by atoms with E-state index >= 15 is 0 Å². The van der Waals surface area contributed by atoms with Crippen LogP contribution < -0.4 is 5.32 Å². The average Bonchev–Trinajstić information content (AvgIpc) is 3.06. The van der Waals surface area contributed by atoms with Gasteiger partial charge in [0.05, 0.1) is 0 Å². The van der Waals surface area contributed by atoms with Gasteiger partial charge in [0, 0.05) is 19.4 Å². The first-order chi connectivity index (χ1) is 22.6. The summed E-state index contributed by atoms with van der Waals surface area (Å²) in [6, 6.07) is 0. The van der Waals surface area contributed by atoms with E-state index in [1.54, 1.807) is 0 Å². The van der Waals surface area contributed by atoms with Crippen LogP contribution in [0.4, 0.5) is 0 Å². The summed E-state index contributed by atoms with van der Waals surface area (Å²) in [5.74, 6) is -0.379. The van der Waals surface area contributed by atoms with Gasteiger partial charge in [0.1, 0.15) is 12.7 Å². The molecular formula is C41H67NO4. The Morgan fingerprint density at radius 2 is 1.02 bits per heavy atom. The lowest BCUT2D eigenvalue weighted by Gasteiger charge is -2.12. The summed E-state index contributed by atoms with van der Waals surface area (Å²) in [6.45, 7) is 4.39. The Kier molecular flexibility index (Phi) is 34.2. The molecule has 0 aliphatic heterocycles. The summed E-state index contributed by atoms with van der Waals surface area (Å²) in [5, 5.41) is 12.8. The fourth-order valence-corrected chi connectivity index (χ4v) is 4.47. The van der Waals surface area contributed by atoms with Crippen molar-refractivity contribution in [1.82, 2.24) is 5.32 Å². The Morgan fingerprint density at radius 1 is 0.565 bits per heavy atom. The van der Waals surface area contributed by atoms with E-state index in [0.29, 0.717) is 19.3 Å². The molecule has 0 aliphatic carbocycles. The van der Waals surface area contributed by atoms with Crippen LogP contribution >= 0.6 is 0 Å². The van der Waals surface area contributed by atoms with E-state index in [0.717, 1.165) is 70.6 Å². The Hall–Kier alpha value is -2.92. The molecule has 5 heteroatoms. The molecule has 0 radical (unpaired) electrons. The van der Waals surface area contributed by atoms with Crippen molar-refractivity contribution in [2.45, 2.75) is 148 Å². The van der Waals surface area contributed by atoms with Crippen molar-refractivity contribution in [1.29, 1.82) is 0 Å². The highest BCUT2D eigenvalue weighted by atomic mass is 16.5. The first-order valence-electron chi connectivity index (χ1n) is 18.2. The van der Waals surface area contributed by atoms with Gasteiger partial charge in [-0.2, -0.15) is 0 Å². The zero-order chi connectivity index (χ0) is 33.6. The van der Waals surface area contributed by atoms with Crippen molar-refractivity contribution in [2.24, 2.45) is 0 Å². The van der Waals surface area contributed by atoms with Crippen LogP contribution in [0.1, 0.15) is 142 Å². The molecule has 0 fully saturated rings. The van der Waals surface area contributed by atoms with Crippen molar-refractivity contribution in [3.63, 3.8) is 0 Å². The molecule has 260 valence electrons. The minimum absolute atomic E-state index is 0.0619. The fraction of sp³-hybridized carbons (Fsp3) is 0.610. The van der Waals surface area contributed by atoms with Gasteiger partial charge in [-0.05, 0) is 83.5 Å². The maximum Gasteiger partial charge on any atom is 0.305 e. The molecule has 1 unspecified atom stereocenters. The minimum atomic E-state index is -0.886. The maximum atomic E-state index is 12.0. The number of carbonyl (C=O) groups excluding carboxylic acids is 2. The smallest absolute Gasteiger partial charge is 0.305 e. The van der Waals surface area contributed by atoms with E-state index in [9.17, 15) is 14.7 Å². The summed E-state index contributed by atoms with van der Waals surface area (Å²) in [6.07, 6.45) is 49.7. The van der Waals surface area contributed by atoms with E-state index in [1.807, 2.05) is 0 Å². The number of nitrogens with one attached hydrogen (secondary N) is 1. The first kappa shape index (κ1) is 43.1. The largest absolute Gasteiger partial charge is 0.463 e. The third-order valence-electron chi connectivity index (χ3n) is 7.24. The Morgan fingerprint density at radius 3 is 1.57 bits per heavy atom. The highest BCUT2D eigenvalue weighted by Gasteiger charge is 2.10. The standard InChI is InChI=1S/C41H67NO4/c1-3-5-7-9-11-13-15-17-19-20-22-24-26-28-30-32-34-36-41(45)46-38-39(43)37-42-40(44)35-33-31-29-27-25-23-21-18-16-14-12-10-8-6-4-2/h5,7,11-14,17-19,21-22,24,28,30,39,43H,3-4,6,8-10,15-16,20,23,25-27,29,31-38H2,1-2H3,(H,42,44). The maximum absolute atomic E-state index is 12.0. The average molecular weight is 638 g/mol. The van der Waals surface area contributed by atoms with Gasteiger partial charge in [-0.15, -0.1) is 0 Å². The lowest BCUT2D eigenvalue weighted by atomic mass is 10.1. The minimum Gasteiger partial charge on any atom is -0.463 e. The molecule has 0 rings (SSSR count). The van der Waals surface area contributed by atoms with Gasteiger partial charge >= 0.3 is 5.97 Å². The van der Waals surface area contributed by atoms with Crippen molar-refractivity contribution in [3.05, 3.63) is 85.1 Å². The van der Waals surface area contributed by atoms with Gasteiger partial charge in [0.2, 0.25) is 5.91 Å². The molecule has 5 nitrogen and oxygen atoms in total. The van der Waals surface area contributed by atoms with Crippen LogP contribution in [0.15, 0.2) is 85.1 Å². The number of amides is 1. The number of rotatable bonds is 31. The van der Waals surface area contributed by atoms with Crippen LogP contribution in [0.3, 0.4) is 0 Å². The predicted octanol–water partition coefficient (Wildman–Crippen LogP) is 10.7. The van der Waals surface area contributed by atoms with Gasteiger partial charge < -0.3 is 15.2 Å². The molecule has 0 heterocycles. The van der Waals surface area contributed by atoms with Crippen LogP contribution in [-0.4, -0.2) is 36.2 Å². The summed E-state index contributed by atoms with van der Waals surface area (Å²) in [4.78, 5) is 24.0. The molecule has 0 saturated carbocycles. The Labute approximate surface area is 282 Å². The molecule has 0 aromatic heterocycles. The summed E-state index contributed by atoms with van der Waals surface area (Å²) in [7, 11) is 0. The van der Waals surface area contributed by atoms with Gasteiger partial charge in [0.15, 0.2) is 0 Å². The number of carbonyl (C=O) groups is 2. The van der Waals surface area contributed by atoms with E-state index in [2.05, 4.69) is 104 Å². The predicted molar refractivity (Wildman–Crippen MR) is 198 cm³/mol. The molecule has 0 saturated heterocycles. The van der Waals surface area contributed by atoms with Crippen LogP contribution in [-0.2, 0) is 14.3 Å². The number of allylic oxidation sites excluding steroid dienone is 14. The van der Waals surface area contributed by atoms with E-state index in [4.69, 9.17) is 4.74 Å². The van der Waals surface area contributed by atoms with Crippen LogP contribution in [0.25, 0.3) is 0 Å². The Bertz CT molecular complexity index is 909. The van der Waals surface area contributed by atoms with Crippen molar-refractivity contribution < 1.29 is 19.4 Å². The summed E-state index contributed by atoms with van der Waals surface area (Å²) in [5.41, 5.74) is 0. The van der Waals surface area contributed by atoms with Crippen molar-refractivity contribution >= 4 is 11.9 Å². The molecule has 0 bridgehead atoms. The zero-order valence-electron chi connectivity index (χ0n) is 29.4. The summed E-state index contributed by atoms with van der Waals surface area (Å²) >= 11 is 0. The van der Waals surface area contributed by atoms with Gasteiger partial charge in [0.25, 0.3) is 0 Å². The number of aliphatic hydroxyl groups is 1. The fourth-order valence-electron chi connectivity index (χ4n) is 4.47. The SMILES string of the molecule is CCC=CCC=CCC=CCC=CCC=CCCCC(=O)OCC(O)CNC(=O)CCCCCCCC=CCC=CCCCCC. The van der Waals surface area contributed by atoms with Crippen LogP contribution in [0.5, 0.6) is 0 Å². The number of aliphatic hydroxyl groups excluding tert-OH is 1. The van der Waals surface area contributed by atoms with E-state index < -0.39 is 6.10 Å². The number of esters is 1. The molecule has 1 atom stereocenters. The lowest BCUT2D eigenvalue weighted by Crippen LogP contribution is -2.35. The molecule has 0 aromatic rings. The number of hydrogen-bond acceptors (Lipinski definition) is 4. The molecule has 0 spiro atoms. The number of unbranched alkanes of at least 4 members (excludes halogenated alkanes) is 9. The molecule has 0 aliphatic rings. The first-order valence-corrected chi connectivity index (χ1v) is 18.2. The van der Waals surface area contributed by atoms with Gasteiger partial charge in [-0.1, -0.05) is 131 Å². The monoisotopic (exact) mass is 638 g/mol. The Balaban J connectivity index is 3.61. The van der Waals surface area contributed by atoms with Gasteiger partial charge in [-0.25, -0.2) is 0 Å². The van der Waals surface area contributed by atoms with Crippen molar-refractivity contribution in [3.8, 4) is 0 Å². The van der Waals surface area contributed by atoms with Crippen LogP contribution in [0.2, 0.25) is 0 Å². The third-order valence-corrected chi connectivity index (χ3v) is 7.24. The molecular weight excluding hydrogens is 570 g/mol. The van der Waals surface area contributed by atoms with Crippen LogP contribution in [0, 0.1) is 0 Å². The highest BCUT2D eigenvalue weighted by Crippen LogP contribution is 2.08. The van der Waals surface area contributed by atoms with Gasteiger partial charge in [-0.3, -0.25) is 9.59 Å². The zero-order valence-corrected chi connectivity index (χ0v) is 29.4. The highest BCUT2D eigenvalue weighted by molar-refractivity contribution is 5.75.